The van der Waals surface area contributed by atoms with Crippen LogP contribution in [0.4, 0.5) is 14.9 Å². The summed E-state index contributed by atoms with van der Waals surface area (Å²) in [5, 5.41) is 3.29. The smallest absolute Gasteiger partial charge is 0.410 e. The Morgan fingerprint density at radius 3 is 2.72 bits per heavy atom. The second-order valence-electron chi connectivity index (χ2n) is 6.78. The highest BCUT2D eigenvalue weighted by Gasteiger charge is 2.23. The number of amides is 1. The van der Waals surface area contributed by atoms with Gasteiger partial charge in [-0.05, 0) is 69.9 Å². The number of ether oxygens (including phenoxy) is 1. The minimum atomic E-state index is -0.189. The number of carbonyl (C=O) groups excluding carboxylic acids is 1. The van der Waals surface area contributed by atoms with E-state index in [-0.39, 0.29) is 18.0 Å². The molecule has 0 atom stereocenters. The van der Waals surface area contributed by atoms with Gasteiger partial charge in [-0.2, -0.15) is 0 Å². The topological polar surface area (TPSA) is 41.6 Å². The second kappa shape index (κ2) is 9.90. The third kappa shape index (κ3) is 6.42. The van der Waals surface area contributed by atoms with Crippen LogP contribution in [-0.2, 0) is 4.74 Å². The lowest BCUT2D eigenvalue weighted by molar-refractivity contribution is 0.0647. The van der Waals surface area contributed by atoms with E-state index in [9.17, 15) is 9.18 Å². The Balaban J connectivity index is 1.63. The predicted molar refractivity (Wildman–Crippen MR) is 102 cm³/mol. The van der Waals surface area contributed by atoms with Crippen LogP contribution in [0.5, 0.6) is 0 Å². The van der Waals surface area contributed by atoms with Gasteiger partial charge in [0.2, 0.25) is 0 Å². The number of piperidine rings is 1. The van der Waals surface area contributed by atoms with Crippen LogP contribution in [0.1, 0.15) is 39.5 Å². The van der Waals surface area contributed by atoms with Crippen molar-refractivity contribution in [3.05, 3.63) is 24.0 Å². The van der Waals surface area contributed by atoms with Crippen LogP contribution >= 0.6 is 11.8 Å². The number of halogens is 1. The molecule has 1 fully saturated rings. The summed E-state index contributed by atoms with van der Waals surface area (Å²) in [6, 6.07) is 5.30. The van der Waals surface area contributed by atoms with Gasteiger partial charge in [0.05, 0.1) is 6.10 Å². The first-order valence-corrected chi connectivity index (χ1v) is 10.2. The molecule has 6 heteroatoms. The highest BCUT2D eigenvalue weighted by Crippen LogP contribution is 2.24. The van der Waals surface area contributed by atoms with Crippen LogP contribution in [-0.4, -0.2) is 43.0 Å². The van der Waals surface area contributed by atoms with Gasteiger partial charge < -0.3 is 15.0 Å². The van der Waals surface area contributed by atoms with E-state index in [2.05, 4.69) is 5.32 Å². The van der Waals surface area contributed by atoms with Crippen molar-refractivity contribution >= 4 is 23.5 Å². The lowest BCUT2D eigenvalue weighted by Gasteiger charge is -2.31. The van der Waals surface area contributed by atoms with Gasteiger partial charge >= 0.3 is 6.09 Å². The lowest BCUT2D eigenvalue weighted by atomic mass is 9.92. The highest BCUT2D eigenvalue weighted by atomic mass is 32.2. The number of rotatable bonds is 7. The minimum Gasteiger partial charge on any atom is -0.447 e. The summed E-state index contributed by atoms with van der Waals surface area (Å²) in [4.78, 5) is 14.4. The van der Waals surface area contributed by atoms with Crippen LogP contribution in [0.25, 0.3) is 0 Å². The van der Waals surface area contributed by atoms with Crippen LogP contribution in [0.15, 0.2) is 23.1 Å². The number of nitrogens with zero attached hydrogens (tertiary/aromatic N) is 1. The number of likely N-dealkylation sites (tertiary alicyclic amines) is 1. The van der Waals surface area contributed by atoms with Crippen molar-refractivity contribution in [3.8, 4) is 0 Å². The van der Waals surface area contributed by atoms with Crippen LogP contribution < -0.4 is 5.32 Å². The number of hydrogen-bond acceptors (Lipinski definition) is 4. The fourth-order valence-electron chi connectivity index (χ4n) is 3.08. The third-order valence-corrected chi connectivity index (χ3v) is 5.25. The molecule has 0 aromatic heterocycles. The van der Waals surface area contributed by atoms with E-state index in [1.165, 1.54) is 11.8 Å². The maximum atomic E-state index is 13.7. The van der Waals surface area contributed by atoms with Crippen molar-refractivity contribution in [2.75, 3.05) is 31.2 Å². The summed E-state index contributed by atoms with van der Waals surface area (Å²) in [6.07, 6.45) is 5.86. The van der Waals surface area contributed by atoms with E-state index in [0.29, 0.717) is 10.8 Å². The molecule has 1 aliphatic heterocycles. The van der Waals surface area contributed by atoms with Crippen LogP contribution in [0.3, 0.4) is 0 Å². The van der Waals surface area contributed by atoms with Crippen LogP contribution in [0, 0.1) is 11.7 Å². The molecular weight excluding hydrogens is 339 g/mol. The Labute approximate surface area is 154 Å². The molecule has 1 N–H and O–H groups in total. The molecule has 2 rings (SSSR count). The Morgan fingerprint density at radius 1 is 1.40 bits per heavy atom. The van der Waals surface area contributed by atoms with E-state index in [4.69, 9.17) is 4.74 Å². The quantitative estimate of drug-likeness (QED) is 0.543. The molecule has 25 heavy (non-hydrogen) atoms. The Bertz CT molecular complexity index is 560. The summed E-state index contributed by atoms with van der Waals surface area (Å²) in [5.74, 6) is 0.485. The van der Waals surface area contributed by atoms with Crippen molar-refractivity contribution in [1.82, 2.24) is 4.90 Å². The van der Waals surface area contributed by atoms with Crippen molar-refractivity contribution < 1.29 is 13.9 Å². The van der Waals surface area contributed by atoms with Gasteiger partial charge in [0.15, 0.2) is 0 Å². The van der Waals surface area contributed by atoms with Crippen molar-refractivity contribution in [2.24, 2.45) is 5.92 Å². The minimum absolute atomic E-state index is 0.0638. The van der Waals surface area contributed by atoms with Gasteiger partial charge in [0, 0.05) is 30.2 Å². The van der Waals surface area contributed by atoms with E-state index < -0.39 is 0 Å². The summed E-state index contributed by atoms with van der Waals surface area (Å²) in [6.45, 7) is 6.15. The maximum Gasteiger partial charge on any atom is 0.410 e. The number of carbonyl (C=O) groups is 1. The Morgan fingerprint density at radius 2 is 2.12 bits per heavy atom. The highest BCUT2D eigenvalue weighted by molar-refractivity contribution is 7.98. The molecule has 1 amide bonds. The number of nitrogens with one attached hydrogen (secondary N) is 1. The Hall–Kier alpha value is -1.43. The lowest BCUT2D eigenvalue weighted by Crippen LogP contribution is -2.39. The van der Waals surface area contributed by atoms with Gasteiger partial charge in [-0.3, -0.25) is 0 Å². The number of benzene rings is 1. The summed E-state index contributed by atoms with van der Waals surface area (Å²) >= 11 is 1.42. The summed E-state index contributed by atoms with van der Waals surface area (Å²) < 4.78 is 19.0. The molecule has 4 nitrogen and oxygen atoms in total. The van der Waals surface area contributed by atoms with Gasteiger partial charge in [0.25, 0.3) is 0 Å². The zero-order chi connectivity index (χ0) is 18.2. The summed E-state index contributed by atoms with van der Waals surface area (Å²) in [7, 11) is 0. The fourth-order valence-corrected chi connectivity index (χ4v) is 3.54. The normalized spacial score (nSPS) is 15.5. The van der Waals surface area contributed by atoms with E-state index in [1.807, 2.05) is 37.1 Å². The first kappa shape index (κ1) is 19.9. The van der Waals surface area contributed by atoms with E-state index in [1.54, 1.807) is 6.07 Å². The maximum absolute atomic E-state index is 13.7. The average Bonchev–Trinajstić information content (AvgIpc) is 2.59. The molecule has 0 spiro atoms. The molecule has 1 aromatic rings. The monoisotopic (exact) mass is 368 g/mol. The van der Waals surface area contributed by atoms with Crippen molar-refractivity contribution in [3.63, 3.8) is 0 Å². The van der Waals surface area contributed by atoms with E-state index in [0.717, 1.165) is 51.0 Å². The molecule has 140 valence electrons. The molecule has 1 aliphatic rings. The molecule has 0 saturated carbocycles. The zero-order valence-electron chi connectivity index (χ0n) is 15.4. The van der Waals surface area contributed by atoms with Gasteiger partial charge in [-0.25, -0.2) is 9.18 Å². The molecular formula is C19H29FN2O2S. The van der Waals surface area contributed by atoms with E-state index >= 15 is 0 Å². The first-order valence-electron chi connectivity index (χ1n) is 9.02. The SMILES string of the molecule is CSc1ccc(NCCCC2CCN(C(=O)OC(C)C)CC2)cc1F. The molecule has 1 saturated heterocycles. The molecule has 0 aliphatic carbocycles. The molecule has 0 bridgehead atoms. The second-order valence-corrected chi connectivity index (χ2v) is 7.63. The number of hydrogen-bond donors (Lipinski definition) is 1. The van der Waals surface area contributed by atoms with Crippen LogP contribution in [0.2, 0.25) is 0 Å². The predicted octanol–water partition coefficient (Wildman–Crippen LogP) is 5.00. The molecule has 0 unspecified atom stereocenters. The molecule has 1 aromatic carbocycles. The molecule has 1 heterocycles. The van der Waals surface area contributed by atoms with Crippen molar-refractivity contribution in [2.45, 2.75) is 50.5 Å². The fraction of sp³-hybridized carbons (Fsp3) is 0.632. The number of thioether (sulfide) groups is 1. The largest absolute Gasteiger partial charge is 0.447 e. The first-order chi connectivity index (χ1) is 12.0. The van der Waals surface area contributed by atoms with Crippen molar-refractivity contribution in [1.29, 1.82) is 0 Å². The van der Waals surface area contributed by atoms with Gasteiger partial charge in [-0.15, -0.1) is 11.8 Å². The molecule has 0 radical (unpaired) electrons. The summed E-state index contributed by atoms with van der Waals surface area (Å²) in [5.41, 5.74) is 0.835. The third-order valence-electron chi connectivity index (χ3n) is 4.48. The zero-order valence-corrected chi connectivity index (χ0v) is 16.2. The standard InChI is InChI=1S/C19H29FN2O2S/c1-14(2)24-19(23)22-11-8-15(9-12-22)5-4-10-21-16-6-7-18(25-3)17(20)13-16/h6-7,13-15,21H,4-5,8-12H2,1-3H3. The van der Waals surface area contributed by atoms with Gasteiger partial charge in [-0.1, -0.05) is 0 Å². The Kier molecular flexibility index (Phi) is 7.88. The number of anilines is 1. The average molecular weight is 369 g/mol. The van der Waals surface area contributed by atoms with Gasteiger partial charge in [0.1, 0.15) is 5.82 Å².